The highest BCUT2D eigenvalue weighted by atomic mass is 19.2. The van der Waals surface area contributed by atoms with E-state index in [2.05, 4.69) is 9.72 Å². The van der Waals surface area contributed by atoms with Crippen molar-refractivity contribution >= 4 is 16.7 Å². The molecule has 0 unspecified atom stereocenters. The average molecular weight is 223 g/mol. The number of methoxy groups -OCH3 is 1. The van der Waals surface area contributed by atoms with Crippen molar-refractivity contribution in [2.24, 2.45) is 0 Å². The van der Waals surface area contributed by atoms with Crippen molar-refractivity contribution in [1.82, 2.24) is 4.98 Å². The van der Waals surface area contributed by atoms with Crippen molar-refractivity contribution in [3.8, 4) is 0 Å². The predicted octanol–water partition coefficient (Wildman–Crippen LogP) is 2.30. The van der Waals surface area contributed by atoms with Crippen LogP contribution in [0.25, 0.3) is 10.8 Å². The number of hydrogen-bond donors (Lipinski definition) is 0. The molecule has 3 nitrogen and oxygen atoms in total. The van der Waals surface area contributed by atoms with Crippen molar-refractivity contribution in [1.29, 1.82) is 0 Å². The summed E-state index contributed by atoms with van der Waals surface area (Å²) in [4.78, 5) is 14.9. The fourth-order valence-electron chi connectivity index (χ4n) is 1.35. The molecule has 5 heteroatoms. The Kier molecular flexibility index (Phi) is 2.52. The first kappa shape index (κ1) is 10.5. The lowest BCUT2D eigenvalue weighted by Gasteiger charge is -2.02. The fourth-order valence-corrected chi connectivity index (χ4v) is 1.35. The van der Waals surface area contributed by atoms with Crippen molar-refractivity contribution < 1.29 is 18.3 Å². The van der Waals surface area contributed by atoms with Gasteiger partial charge in [0, 0.05) is 11.6 Å². The number of ether oxygens (including phenoxy) is 1. The van der Waals surface area contributed by atoms with Gasteiger partial charge < -0.3 is 4.74 Å². The molecule has 0 bridgehead atoms. The van der Waals surface area contributed by atoms with E-state index in [9.17, 15) is 13.6 Å². The summed E-state index contributed by atoms with van der Waals surface area (Å²) in [6, 6.07) is 3.39. The number of esters is 1. The van der Waals surface area contributed by atoms with Gasteiger partial charge in [0.15, 0.2) is 11.6 Å². The molecule has 0 aliphatic rings. The minimum atomic E-state index is -0.963. The highest BCUT2D eigenvalue weighted by molar-refractivity contribution is 5.92. The Labute approximate surface area is 89.7 Å². The van der Waals surface area contributed by atoms with Gasteiger partial charge in [-0.2, -0.15) is 0 Å². The molecule has 0 radical (unpaired) electrons. The van der Waals surface area contributed by atoms with Crippen LogP contribution >= 0.6 is 0 Å². The number of nitrogens with zero attached hydrogens (tertiary/aromatic N) is 1. The van der Waals surface area contributed by atoms with Crippen LogP contribution in [0.15, 0.2) is 24.4 Å². The van der Waals surface area contributed by atoms with E-state index in [1.807, 2.05) is 0 Å². The quantitative estimate of drug-likeness (QED) is 0.696. The van der Waals surface area contributed by atoms with Crippen molar-refractivity contribution in [2.45, 2.75) is 0 Å². The highest BCUT2D eigenvalue weighted by Gasteiger charge is 2.10. The molecule has 2 rings (SSSR count). The molecular formula is C11H7F2NO2. The number of halogens is 2. The van der Waals surface area contributed by atoms with Gasteiger partial charge in [-0.15, -0.1) is 0 Å². The van der Waals surface area contributed by atoms with Gasteiger partial charge in [0.25, 0.3) is 0 Å². The first-order chi connectivity index (χ1) is 7.61. The van der Waals surface area contributed by atoms with E-state index in [1.165, 1.54) is 19.4 Å². The van der Waals surface area contributed by atoms with Gasteiger partial charge in [0.1, 0.15) is 5.69 Å². The van der Waals surface area contributed by atoms with E-state index in [1.54, 1.807) is 0 Å². The molecule has 0 aliphatic heterocycles. The number of rotatable bonds is 1. The second-order valence-corrected chi connectivity index (χ2v) is 3.17. The Morgan fingerprint density at radius 1 is 1.19 bits per heavy atom. The second-order valence-electron chi connectivity index (χ2n) is 3.17. The largest absolute Gasteiger partial charge is 0.464 e. The van der Waals surface area contributed by atoms with Gasteiger partial charge in [0.05, 0.1) is 7.11 Å². The maximum Gasteiger partial charge on any atom is 0.356 e. The normalized spacial score (nSPS) is 10.4. The first-order valence-corrected chi connectivity index (χ1v) is 4.45. The van der Waals surface area contributed by atoms with Crippen LogP contribution in [0.2, 0.25) is 0 Å². The summed E-state index contributed by atoms with van der Waals surface area (Å²) in [6.07, 6.45) is 1.30. The lowest BCUT2D eigenvalue weighted by atomic mass is 10.1. The van der Waals surface area contributed by atoms with E-state index < -0.39 is 17.6 Å². The molecule has 1 aromatic heterocycles. The maximum absolute atomic E-state index is 13.0. The summed E-state index contributed by atoms with van der Waals surface area (Å²) < 4.78 is 30.3. The molecule has 2 aromatic rings. The Bertz CT molecular complexity index is 569. The summed E-state index contributed by atoms with van der Waals surface area (Å²) in [5.74, 6) is -2.53. The van der Waals surface area contributed by atoms with Gasteiger partial charge in [-0.3, -0.25) is 0 Å². The Morgan fingerprint density at radius 2 is 1.81 bits per heavy atom. The molecule has 0 fully saturated rings. The molecule has 1 aromatic carbocycles. The standard InChI is InChI=1S/C11H7F2NO2/c1-16-11(15)10-4-6-2-8(12)9(13)3-7(6)5-14-10/h2-5H,1H3. The molecule has 1 heterocycles. The first-order valence-electron chi connectivity index (χ1n) is 4.45. The topological polar surface area (TPSA) is 39.2 Å². The third kappa shape index (κ3) is 1.71. The molecule has 0 aliphatic carbocycles. The zero-order valence-corrected chi connectivity index (χ0v) is 8.33. The van der Waals surface area contributed by atoms with Crippen LogP contribution in [0.1, 0.15) is 10.5 Å². The van der Waals surface area contributed by atoms with Gasteiger partial charge in [-0.05, 0) is 23.6 Å². The molecule has 0 saturated heterocycles. The van der Waals surface area contributed by atoms with Crippen LogP contribution in [-0.4, -0.2) is 18.1 Å². The van der Waals surface area contributed by atoms with Crippen LogP contribution in [0, 0.1) is 11.6 Å². The number of carbonyl (C=O) groups is 1. The lowest BCUT2D eigenvalue weighted by molar-refractivity contribution is 0.0594. The summed E-state index contributed by atoms with van der Waals surface area (Å²) in [6.45, 7) is 0. The van der Waals surface area contributed by atoms with Crippen molar-refractivity contribution in [3.05, 3.63) is 41.7 Å². The Morgan fingerprint density at radius 3 is 2.44 bits per heavy atom. The molecular weight excluding hydrogens is 216 g/mol. The number of benzene rings is 1. The summed E-state index contributed by atoms with van der Waals surface area (Å²) in [5.41, 5.74) is 0.0565. The van der Waals surface area contributed by atoms with Crippen molar-refractivity contribution in [2.75, 3.05) is 7.11 Å². The number of hydrogen-bond acceptors (Lipinski definition) is 3. The second kappa shape index (κ2) is 3.84. The van der Waals surface area contributed by atoms with E-state index in [-0.39, 0.29) is 5.69 Å². The van der Waals surface area contributed by atoms with E-state index in [0.717, 1.165) is 12.1 Å². The summed E-state index contributed by atoms with van der Waals surface area (Å²) >= 11 is 0. The maximum atomic E-state index is 13.0. The van der Waals surface area contributed by atoms with Crippen LogP contribution in [0.3, 0.4) is 0 Å². The SMILES string of the molecule is COC(=O)c1cc2cc(F)c(F)cc2cn1. The van der Waals surface area contributed by atoms with Crippen molar-refractivity contribution in [3.63, 3.8) is 0 Å². The van der Waals surface area contributed by atoms with Gasteiger partial charge in [-0.1, -0.05) is 0 Å². The number of aromatic nitrogens is 1. The van der Waals surface area contributed by atoms with Crippen LogP contribution < -0.4 is 0 Å². The fraction of sp³-hybridized carbons (Fsp3) is 0.0909. The summed E-state index contributed by atoms with van der Waals surface area (Å²) in [7, 11) is 1.22. The van der Waals surface area contributed by atoms with Crippen LogP contribution in [0.4, 0.5) is 8.78 Å². The third-order valence-corrected chi connectivity index (χ3v) is 2.16. The molecule has 0 spiro atoms. The minimum Gasteiger partial charge on any atom is -0.464 e. The smallest absolute Gasteiger partial charge is 0.356 e. The molecule has 0 saturated carbocycles. The van der Waals surface area contributed by atoms with Gasteiger partial charge in [0.2, 0.25) is 0 Å². The minimum absolute atomic E-state index is 0.0565. The van der Waals surface area contributed by atoms with E-state index in [0.29, 0.717) is 10.8 Å². The van der Waals surface area contributed by atoms with E-state index in [4.69, 9.17) is 0 Å². The van der Waals surface area contributed by atoms with Gasteiger partial charge >= 0.3 is 5.97 Å². The van der Waals surface area contributed by atoms with E-state index >= 15 is 0 Å². The average Bonchev–Trinajstić information content (AvgIpc) is 2.29. The molecule has 0 N–H and O–H groups in total. The number of fused-ring (bicyclic) bond motifs is 1. The number of carbonyl (C=O) groups excluding carboxylic acids is 1. The molecule has 82 valence electrons. The van der Waals surface area contributed by atoms with Crippen LogP contribution in [0.5, 0.6) is 0 Å². The zero-order valence-electron chi connectivity index (χ0n) is 8.33. The Hall–Kier alpha value is -2.04. The lowest BCUT2D eigenvalue weighted by Crippen LogP contribution is -2.03. The predicted molar refractivity (Wildman–Crippen MR) is 53.0 cm³/mol. The molecule has 16 heavy (non-hydrogen) atoms. The Balaban J connectivity index is 2.62. The zero-order chi connectivity index (χ0) is 11.7. The van der Waals surface area contributed by atoms with Gasteiger partial charge in [-0.25, -0.2) is 18.6 Å². The molecule has 0 amide bonds. The summed E-state index contributed by atoms with van der Waals surface area (Å²) in [5, 5.41) is 0.820. The monoisotopic (exact) mass is 223 g/mol. The molecule has 0 atom stereocenters. The number of pyridine rings is 1. The third-order valence-electron chi connectivity index (χ3n) is 2.16. The highest BCUT2D eigenvalue weighted by Crippen LogP contribution is 2.18. The van der Waals surface area contributed by atoms with Crippen LogP contribution in [-0.2, 0) is 4.74 Å².